The molecule has 0 radical (unpaired) electrons. The molecule has 0 fully saturated rings. The van der Waals surface area contributed by atoms with Crippen LogP contribution in [0.25, 0.3) is 11.1 Å². The van der Waals surface area contributed by atoms with Crippen molar-refractivity contribution >= 4 is 5.97 Å². The molecule has 2 rings (SSSR count). The predicted octanol–water partition coefficient (Wildman–Crippen LogP) is 9.45. The van der Waals surface area contributed by atoms with E-state index in [1.165, 1.54) is 57.8 Å². The molecule has 0 saturated carbocycles. The van der Waals surface area contributed by atoms with Gasteiger partial charge in [-0.05, 0) is 48.6 Å². The molecular weight excluding hydrogens is 420 g/mol. The number of ether oxygens (including phenoxy) is 2. The summed E-state index contributed by atoms with van der Waals surface area (Å²) in [6.07, 6.45) is 15.0. The van der Waals surface area contributed by atoms with Gasteiger partial charge in [0.15, 0.2) is 0 Å². The lowest BCUT2D eigenvalue weighted by atomic mass is 10.0. The lowest BCUT2D eigenvalue weighted by Crippen LogP contribution is -2.08. The van der Waals surface area contributed by atoms with Gasteiger partial charge < -0.3 is 9.47 Å². The monoisotopic (exact) mass is 466 g/mol. The third-order valence-electron chi connectivity index (χ3n) is 6.38. The van der Waals surface area contributed by atoms with Gasteiger partial charge in [-0.1, -0.05) is 114 Å². The van der Waals surface area contributed by atoms with E-state index in [0.717, 1.165) is 48.3 Å². The van der Waals surface area contributed by atoms with Gasteiger partial charge in [0.25, 0.3) is 0 Å². The minimum Gasteiger partial charge on any atom is -0.494 e. The second-order valence-electron chi connectivity index (χ2n) is 9.41. The average Bonchev–Trinajstić information content (AvgIpc) is 2.86. The highest BCUT2D eigenvalue weighted by atomic mass is 16.5. The highest BCUT2D eigenvalue weighted by Gasteiger charge is 2.12. The second kappa shape index (κ2) is 17.2. The van der Waals surface area contributed by atoms with Gasteiger partial charge in [-0.2, -0.15) is 0 Å². The van der Waals surface area contributed by atoms with Crippen LogP contribution >= 0.6 is 0 Å². The Morgan fingerprint density at radius 3 is 1.76 bits per heavy atom. The highest BCUT2D eigenvalue weighted by molar-refractivity contribution is 5.69. The summed E-state index contributed by atoms with van der Waals surface area (Å²) in [6, 6.07) is 16.6. The first-order valence-electron chi connectivity index (χ1n) is 13.7. The molecule has 0 aliphatic heterocycles. The minimum atomic E-state index is -0.223. The summed E-state index contributed by atoms with van der Waals surface area (Å²) in [5, 5.41) is 0. The Bertz CT molecular complexity index is 779. The number of carbonyl (C=O) groups excluding carboxylic acids is 1. The SMILES string of the molecule is CCCCCCCCCCC(=O)OC(C)c1ccc(-c2ccc(OCCCCCC)cc2)cc1. The van der Waals surface area contributed by atoms with Gasteiger partial charge in [0, 0.05) is 6.42 Å². The molecule has 0 spiro atoms. The Labute approximate surface area is 208 Å². The molecule has 0 N–H and O–H groups in total. The molecule has 1 atom stereocenters. The summed E-state index contributed by atoms with van der Waals surface area (Å²) < 4.78 is 11.5. The Hall–Kier alpha value is -2.29. The van der Waals surface area contributed by atoms with Gasteiger partial charge in [0.2, 0.25) is 0 Å². The lowest BCUT2D eigenvalue weighted by molar-refractivity contribution is -0.148. The highest BCUT2D eigenvalue weighted by Crippen LogP contribution is 2.26. The van der Waals surface area contributed by atoms with E-state index < -0.39 is 0 Å². The van der Waals surface area contributed by atoms with E-state index in [4.69, 9.17) is 9.47 Å². The van der Waals surface area contributed by atoms with Crippen LogP contribution in [-0.4, -0.2) is 12.6 Å². The maximum Gasteiger partial charge on any atom is 0.306 e. The Kier molecular flexibility index (Phi) is 14.1. The number of hydrogen-bond donors (Lipinski definition) is 0. The first-order chi connectivity index (χ1) is 16.6. The summed E-state index contributed by atoms with van der Waals surface area (Å²) in [5.74, 6) is 0.835. The fourth-order valence-electron chi connectivity index (χ4n) is 4.14. The third kappa shape index (κ3) is 11.2. The Morgan fingerprint density at radius 2 is 1.18 bits per heavy atom. The molecule has 0 amide bonds. The topological polar surface area (TPSA) is 35.5 Å². The summed E-state index contributed by atoms with van der Waals surface area (Å²) in [5.41, 5.74) is 3.33. The number of esters is 1. The van der Waals surface area contributed by atoms with E-state index in [1.54, 1.807) is 0 Å². The first-order valence-corrected chi connectivity index (χ1v) is 13.7. The van der Waals surface area contributed by atoms with Crippen molar-refractivity contribution in [1.82, 2.24) is 0 Å². The molecule has 0 heterocycles. The van der Waals surface area contributed by atoms with Crippen molar-refractivity contribution < 1.29 is 14.3 Å². The van der Waals surface area contributed by atoms with Gasteiger partial charge in [0.1, 0.15) is 11.9 Å². The molecule has 2 aromatic rings. The quantitative estimate of drug-likeness (QED) is 0.162. The summed E-state index contributed by atoms with van der Waals surface area (Å²) in [4.78, 5) is 12.2. The third-order valence-corrected chi connectivity index (χ3v) is 6.38. The fraction of sp³-hybridized carbons (Fsp3) is 0.581. The zero-order chi connectivity index (χ0) is 24.4. The van der Waals surface area contributed by atoms with E-state index in [0.29, 0.717) is 6.42 Å². The number of rotatable bonds is 18. The largest absolute Gasteiger partial charge is 0.494 e. The van der Waals surface area contributed by atoms with Gasteiger partial charge >= 0.3 is 5.97 Å². The summed E-state index contributed by atoms with van der Waals surface area (Å²) in [6.45, 7) is 7.20. The molecule has 3 heteroatoms. The lowest BCUT2D eigenvalue weighted by Gasteiger charge is -2.14. The fourth-order valence-corrected chi connectivity index (χ4v) is 4.14. The van der Waals surface area contributed by atoms with Gasteiger partial charge in [0.05, 0.1) is 6.61 Å². The molecule has 0 bridgehead atoms. The molecule has 0 aliphatic carbocycles. The molecule has 2 aromatic carbocycles. The van der Waals surface area contributed by atoms with E-state index in [-0.39, 0.29) is 12.1 Å². The number of unbranched alkanes of at least 4 members (excludes halogenated alkanes) is 10. The van der Waals surface area contributed by atoms with Crippen LogP contribution in [0.15, 0.2) is 48.5 Å². The maximum absolute atomic E-state index is 12.2. The van der Waals surface area contributed by atoms with Crippen LogP contribution in [0.2, 0.25) is 0 Å². The van der Waals surface area contributed by atoms with Crippen LogP contribution in [0.5, 0.6) is 5.75 Å². The maximum atomic E-state index is 12.2. The summed E-state index contributed by atoms with van der Waals surface area (Å²) in [7, 11) is 0. The van der Waals surface area contributed by atoms with Crippen LogP contribution in [0.1, 0.15) is 116 Å². The number of carbonyl (C=O) groups is 1. The molecule has 0 saturated heterocycles. The molecular formula is C31H46O3. The van der Waals surface area contributed by atoms with Crippen molar-refractivity contribution in [3.8, 4) is 16.9 Å². The predicted molar refractivity (Wildman–Crippen MR) is 143 cm³/mol. The van der Waals surface area contributed by atoms with Gasteiger partial charge in [-0.25, -0.2) is 0 Å². The van der Waals surface area contributed by atoms with Crippen LogP contribution in [0.3, 0.4) is 0 Å². The first kappa shape index (κ1) is 28.0. The van der Waals surface area contributed by atoms with Crippen molar-refractivity contribution in [3.05, 3.63) is 54.1 Å². The number of benzene rings is 2. The van der Waals surface area contributed by atoms with Gasteiger partial charge in [-0.3, -0.25) is 4.79 Å². The van der Waals surface area contributed by atoms with Crippen LogP contribution < -0.4 is 4.74 Å². The molecule has 188 valence electrons. The van der Waals surface area contributed by atoms with E-state index in [1.807, 2.05) is 19.1 Å². The smallest absolute Gasteiger partial charge is 0.306 e. The summed E-state index contributed by atoms with van der Waals surface area (Å²) >= 11 is 0. The average molecular weight is 467 g/mol. The molecule has 1 unspecified atom stereocenters. The van der Waals surface area contributed by atoms with Gasteiger partial charge in [-0.15, -0.1) is 0 Å². The minimum absolute atomic E-state index is 0.0900. The molecule has 0 aliphatic rings. The van der Waals surface area contributed by atoms with Crippen LogP contribution in [-0.2, 0) is 9.53 Å². The normalized spacial score (nSPS) is 11.9. The van der Waals surface area contributed by atoms with Crippen molar-refractivity contribution in [2.24, 2.45) is 0 Å². The molecule has 34 heavy (non-hydrogen) atoms. The van der Waals surface area contributed by atoms with E-state index in [2.05, 4.69) is 50.2 Å². The molecule has 0 aromatic heterocycles. The Balaban J connectivity index is 1.70. The molecule has 3 nitrogen and oxygen atoms in total. The van der Waals surface area contributed by atoms with Crippen LogP contribution in [0.4, 0.5) is 0 Å². The second-order valence-corrected chi connectivity index (χ2v) is 9.41. The Morgan fingerprint density at radius 1 is 0.676 bits per heavy atom. The van der Waals surface area contributed by atoms with Crippen molar-refractivity contribution in [2.75, 3.05) is 6.61 Å². The van der Waals surface area contributed by atoms with E-state index >= 15 is 0 Å². The van der Waals surface area contributed by atoms with Crippen molar-refractivity contribution in [2.45, 2.75) is 110 Å². The number of hydrogen-bond acceptors (Lipinski definition) is 3. The van der Waals surface area contributed by atoms with Crippen molar-refractivity contribution in [1.29, 1.82) is 0 Å². The van der Waals surface area contributed by atoms with E-state index in [9.17, 15) is 4.79 Å². The standard InChI is InChI=1S/C31H46O3/c1-4-6-8-10-11-12-13-14-16-31(32)34-26(3)27-17-19-28(20-18-27)29-21-23-30(24-22-29)33-25-15-9-7-5-2/h17-24,26H,4-16,25H2,1-3H3. The van der Waals surface area contributed by atoms with Crippen molar-refractivity contribution in [3.63, 3.8) is 0 Å². The van der Waals surface area contributed by atoms with Crippen LogP contribution in [0, 0.1) is 0 Å². The zero-order valence-electron chi connectivity index (χ0n) is 21.8. The zero-order valence-corrected chi connectivity index (χ0v) is 21.8.